The number of hydrogen-bond acceptors (Lipinski definition) is 3. The fourth-order valence-electron chi connectivity index (χ4n) is 1.63. The molecule has 4 heteroatoms. The molecular formula is C13H14FN3. The minimum Gasteiger partial charge on any atom is -0.375 e. The number of aromatic nitrogens is 2. The van der Waals surface area contributed by atoms with Gasteiger partial charge in [0.1, 0.15) is 5.82 Å². The standard InChI is InChI=1S/C13H14FN3/c1-2-12(13-6-5-10(14)8-16-13)17-11-4-3-7-15-9-11/h3-9,12,17H,2H2,1H3. The van der Waals surface area contributed by atoms with Gasteiger partial charge >= 0.3 is 0 Å². The van der Waals surface area contributed by atoms with Gasteiger partial charge in [0.2, 0.25) is 0 Å². The molecule has 2 heterocycles. The van der Waals surface area contributed by atoms with Gasteiger partial charge in [0.25, 0.3) is 0 Å². The minimum absolute atomic E-state index is 0.0693. The van der Waals surface area contributed by atoms with Crippen molar-refractivity contribution < 1.29 is 4.39 Å². The van der Waals surface area contributed by atoms with Gasteiger partial charge in [0.15, 0.2) is 0 Å². The molecule has 17 heavy (non-hydrogen) atoms. The Bertz CT molecular complexity index is 456. The predicted molar refractivity (Wildman–Crippen MR) is 65.1 cm³/mol. The summed E-state index contributed by atoms with van der Waals surface area (Å²) in [5.74, 6) is -0.315. The van der Waals surface area contributed by atoms with Crippen LogP contribution in [0.2, 0.25) is 0 Å². The highest BCUT2D eigenvalue weighted by Crippen LogP contribution is 2.20. The second-order valence-corrected chi connectivity index (χ2v) is 3.75. The Morgan fingerprint density at radius 3 is 2.76 bits per heavy atom. The number of hydrogen-bond donors (Lipinski definition) is 1. The zero-order valence-corrected chi connectivity index (χ0v) is 9.60. The van der Waals surface area contributed by atoms with E-state index in [4.69, 9.17) is 0 Å². The number of pyridine rings is 2. The van der Waals surface area contributed by atoms with Crippen molar-refractivity contribution in [1.82, 2.24) is 9.97 Å². The Balaban J connectivity index is 2.14. The molecule has 2 aromatic rings. The molecule has 0 aliphatic heterocycles. The van der Waals surface area contributed by atoms with Gasteiger partial charge in [-0.3, -0.25) is 9.97 Å². The summed E-state index contributed by atoms with van der Waals surface area (Å²) in [6.45, 7) is 2.05. The SMILES string of the molecule is CCC(Nc1cccnc1)c1ccc(F)cn1. The van der Waals surface area contributed by atoms with Crippen LogP contribution < -0.4 is 5.32 Å². The Morgan fingerprint density at radius 1 is 1.29 bits per heavy atom. The first-order chi connectivity index (χ1) is 8.29. The lowest BCUT2D eigenvalue weighted by Crippen LogP contribution is -2.11. The van der Waals surface area contributed by atoms with E-state index in [1.165, 1.54) is 12.3 Å². The maximum atomic E-state index is 12.8. The first-order valence-electron chi connectivity index (χ1n) is 5.57. The molecular weight excluding hydrogens is 217 g/mol. The van der Waals surface area contributed by atoms with Crippen LogP contribution >= 0.6 is 0 Å². The highest BCUT2D eigenvalue weighted by Gasteiger charge is 2.10. The molecule has 1 N–H and O–H groups in total. The molecule has 0 aliphatic rings. The zero-order chi connectivity index (χ0) is 12.1. The summed E-state index contributed by atoms with van der Waals surface area (Å²) in [5.41, 5.74) is 1.77. The lowest BCUT2D eigenvalue weighted by Gasteiger charge is -2.17. The summed E-state index contributed by atoms with van der Waals surface area (Å²) in [6, 6.07) is 7.01. The van der Waals surface area contributed by atoms with Crippen LogP contribution in [0, 0.1) is 5.82 Å². The molecule has 0 bridgehead atoms. The summed E-state index contributed by atoms with van der Waals surface area (Å²) in [6.07, 6.45) is 5.59. The van der Waals surface area contributed by atoms with E-state index >= 15 is 0 Å². The molecule has 0 saturated heterocycles. The number of nitrogens with zero attached hydrogens (tertiary/aromatic N) is 2. The average Bonchev–Trinajstić information content (AvgIpc) is 2.38. The van der Waals surface area contributed by atoms with E-state index in [0.29, 0.717) is 0 Å². The first-order valence-corrected chi connectivity index (χ1v) is 5.57. The molecule has 88 valence electrons. The molecule has 2 rings (SSSR count). The minimum atomic E-state index is -0.315. The van der Waals surface area contributed by atoms with Crippen LogP contribution in [0.3, 0.4) is 0 Å². The number of nitrogens with one attached hydrogen (secondary N) is 1. The Kier molecular flexibility index (Phi) is 3.65. The topological polar surface area (TPSA) is 37.8 Å². The van der Waals surface area contributed by atoms with Crippen LogP contribution in [0.15, 0.2) is 42.9 Å². The predicted octanol–water partition coefficient (Wildman–Crippen LogP) is 3.18. The van der Waals surface area contributed by atoms with Crippen LogP contribution in [0.25, 0.3) is 0 Å². The fraction of sp³-hybridized carbons (Fsp3) is 0.231. The van der Waals surface area contributed by atoms with Crippen molar-refractivity contribution in [1.29, 1.82) is 0 Å². The third-order valence-electron chi connectivity index (χ3n) is 2.52. The van der Waals surface area contributed by atoms with Gasteiger partial charge in [-0.2, -0.15) is 0 Å². The van der Waals surface area contributed by atoms with Crippen LogP contribution in [-0.2, 0) is 0 Å². The monoisotopic (exact) mass is 231 g/mol. The van der Waals surface area contributed by atoms with Crippen molar-refractivity contribution >= 4 is 5.69 Å². The molecule has 0 aromatic carbocycles. The largest absolute Gasteiger partial charge is 0.375 e. The van der Waals surface area contributed by atoms with E-state index in [2.05, 4.69) is 22.2 Å². The number of rotatable bonds is 4. The molecule has 3 nitrogen and oxygen atoms in total. The normalized spacial score (nSPS) is 12.1. The molecule has 0 fully saturated rings. The number of anilines is 1. The van der Waals surface area contributed by atoms with Crippen LogP contribution in [0.5, 0.6) is 0 Å². The first kappa shape index (κ1) is 11.5. The second kappa shape index (κ2) is 5.39. The number of halogens is 1. The van der Waals surface area contributed by atoms with E-state index in [1.807, 2.05) is 12.1 Å². The van der Waals surface area contributed by atoms with Crippen LogP contribution in [-0.4, -0.2) is 9.97 Å². The molecule has 0 saturated carbocycles. The Hall–Kier alpha value is -1.97. The molecule has 0 radical (unpaired) electrons. The van der Waals surface area contributed by atoms with Gasteiger partial charge in [0, 0.05) is 12.4 Å². The van der Waals surface area contributed by atoms with Crippen LogP contribution in [0.4, 0.5) is 10.1 Å². The maximum absolute atomic E-state index is 12.8. The van der Waals surface area contributed by atoms with Crippen LogP contribution in [0.1, 0.15) is 25.1 Å². The Labute approximate surface area is 99.7 Å². The van der Waals surface area contributed by atoms with Crippen molar-refractivity contribution in [2.75, 3.05) is 5.32 Å². The quantitative estimate of drug-likeness (QED) is 0.878. The van der Waals surface area contributed by atoms with Crippen molar-refractivity contribution in [3.63, 3.8) is 0 Å². The van der Waals surface area contributed by atoms with Gasteiger partial charge in [-0.05, 0) is 30.7 Å². The summed E-state index contributed by atoms with van der Waals surface area (Å²) in [7, 11) is 0. The van der Waals surface area contributed by atoms with Gasteiger partial charge < -0.3 is 5.32 Å². The third kappa shape index (κ3) is 3.00. The zero-order valence-electron chi connectivity index (χ0n) is 9.60. The second-order valence-electron chi connectivity index (χ2n) is 3.75. The highest BCUT2D eigenvalue weighted by molar-refractivity contribution is 5.42. The van der Waals surface area contributed by atoms with Crippen molar-refractivity contribution in [2.45, 2.75) is 19.4 Å². The van der Waals surface area contributed by atoms with Crippen molar-refractivity contribution in [3.05, 3.63) is 54.4 Å². The smallest absolute Gasteiger partial charge is 0.141 e. The van der Waals surface area contributed by atoms with Crippen molar-refractivity contribution in [2.24, 2.45) is 0 Å². The van der Waals surface area contributed by atoms with Crippen molar-refractivity contribution in [3.8, 4) is 0 Å². The summed E-state index contributed by atoms with van der Waals surface area (Å²) >= 11 is 0. The van der Waals surface area contributed by atoms with Gasteiger partial charge in [-0.15, -0.1) is 0 Å². The molecule has 2 aromatic heterocycles. The van der Waals surface area contributed by atoms with E-state index < -0.39 is 0 Å². The lowest BCUT2D eigenvalue weighted by atomic mass is 10.1. The molecule has 0 amide bonds. The molecule has 1 atom stereocenters. The summed E-state index contributed by atoms with van der Waals surface area (Å²) in [5, 5.41) is 3.32. The van der Waals surface area contributed by atoms with E-state index in [-0.39, 0.29) is 11.9 Å². The molecule has 1 unspecified atom stereocenters. The van der Waals surface area contributed by atoms with E-state index in [9.17, 15) is 4.39 Å². The molecule has 0 aliphatic carbocycles. The fourth-order valence-corrected chi connectivity index (χ4v) is 1.63. The lowest BCUT2D eigenvalue weighted by molar-refractivity contribution is 0.614. The molecule has 0 spiro atoms. The Morgan fingerprint density at radius 2 is 2.18 bits per heavy atom. The third-order valence-corrected chi connectivity index (χ3v) is 2.52. The van der Waals surface area contributed by atoms with Gasteiger partial charge in [-0.1, -0.05) is 6.92 Å². The van der Waals surface area contributed by atoms with E-state index in [0.717, 1.165) is 17.8 Å². The average molecular weight is 231 g/mol. The maximum Gasteiger partial charge on any atom is 0.141 e. The highest BCUT2D eigenvalue weighted by atomic mass is 19.1. The van der Waals surface area contributed by atoms with Gasteiger partial charge in [0.05, 0.1) is 23.6 Å². The van der Waals surface area contributed by atoms with E-state index in [1.54, 1.807) is 18.5 Å². The van der Waals surface area contributed by atoms with Gasteiger partial charge in [-0.25, -0.2) is 4.39 Å². The summed E-state index contributed by atoms with van der Waals surface area (Å²) in [4.78, 5) is 8.12. The summed E-state index contributed by atoms with van der Waals surface area (Å²) < 4.78 is 12.8.